The molecular weight excluding hydrogens is 450 g/mol. The van der Waals surface area contributed by atoms with Gasteiger partial charge < -0.3 is 9.88 Å². The largest absolute Gasteiger partial charge is 0.419 e. The summed E-state index contributed by atoms with van der Waals surface area (Å²) in [5.74, 6) is -1.83. The van der Waals surface area contributed by atoms with Crippen LogP contribution in [0.5, 0.6) is 0 Å². The predicted molar refractivity (Wildman–Crippen MR) is 112 cm³/mol. The number of aryl methyl sites for hydroxylation is 2. The van der Waals surface area contributed by atoms with Crippen molar-refractivity contribution in [3.8, 4) is 11.3 Å². The second-order valence-electron chi connectivity index (χ2n) is 7.24. The van der Waals surface area contributed by atoms with E-state index in [1.54, 1.807) is 30.3 Å². The molecule has 0 aliphatic rings. The minimum Gasteiger partial charge on any atom is -0.330 e. The van der Waals surface area contributed by atoms with Crippen molar-refractivity contribution in [2.24, 2.45) is 14.1 Å². The minimum absolute atomic E-state index is 0.127. The molecular formula is C20H17F4N5O2S. The maximum Gasteiger partial charge on any atom is 0.419 e. The molecule has 4 rings (SSSR count). The molecule has 3 aromatic heterocycles. The van der Waals surface area contributed by atoms with Crippen LogP contribution in [0.15, 0.2) is 34.4 Å². The number of anilines is 1. The highest BCUT2D eigenvalue weighted by atomic mass is 32.1. The first kappa shape index (κ1) is 21.8. The van der Waals surface area contributed by atoms with Crippen molar-refractivity contribution in [3.05, 3.63) is 57.1 Å². The van der Waals surface area contributed by atoms with Crippen LogP contribution < -0.4 is 10.9 Å². The summed E-state index contributed by atoms with van der Waals surface area (Å²) in [5.41, 5.74) is 0.636. The summed E-state index contributed by atoms with van der Waals surface area (Å²) in [6, 6.07) is 4.35. The van der Waals surface area contributed by atoms with Crippen molar-refractivity contribution in [2.45, 2.75) is 19.6 Å². The zero-order valence-corrected chi connectivity index (χ0v) is 17.9. The number of fused-ring (bicyclic) bond motifs is 1. The van der Waals surface area contributed by atoms with Gasteiger partial charge in [0.25, 0.3) is 5.56 Å². The summed E-state index contributed by atoms with van der Waals surface area (Å²) in [6.45, 7) is 1.66. The van der Waals surface area contributed by atoms with Crippen molar-refractivity contribution >= 4 is 33.4 Å². The van der Waals surface area contributed by atoms with Crippen LogP contribution in [0.4, 0.5) is 22.7 Å². The molecule has 0 bridgehead atoms. The molecule has 0 aliphatic carbocycles. The molecule has 0 radical (unpaired) electrons. The van der Waals surface area contributed by atoms with Crippen LogP contribution in [-0.4, -0.2) is 24.8 Å². The lowest BCUT2D eigenvalue weighted by molar-refractivity contribution is -0.140. The maximum atomic E-state index is 13.8. The summed E-state index contributed by atoms with van der Waals surface area (Å²) in [6.07, 6.45) is -4.79. The van der Waals surface area contributed by atoms with E-state index in [1.807, 2.05) is 6.07 Å². The topological polar surface area (TPSA) is 73.8 Å². The number of hydrogen-bond donors (Lipinski definition) is 1. The highest BCUT2D eigenvalue weighted by molar-refractivity contribution is 7.14. The summed E-state index contributed by atoms with van der Waals surface area (Å²) < 4.78 is 56.8. The van der Waals surface area contributed by atoms with Gasteiger partial charge in [0.05, 0.1) is 16.8 Å². The standard InChI is InChI=1S/C20H17F4N5O2S/c1-10-6-15-17(18(31)28(3)27(15)2)29(10)8-16(30)26-19-25-14(9-32-19)11-4-5-12(13(21)7-11)20(22,23)24/h4-7,9H,8H2,1-3H3,(H,25,26,30). The van der Waals surface area contributed by atoms with Crippen molar-refractivity contribution in [2.75, 3.05) is 5.32 Å². The number of alkyl halides is 3. The highest BCUT2D eigenvalue weighted by Gasteiger charge is 2.34. The first-order valence-corrected chi connectivity index (χ1v) is 10.2. The highest BCUT2D eigenvalue weighted by Crippen LogP contribution is 2.34. The zero-order chi connectivity index (χ0) is 23.4. The molecule has 1 aromatic carbocycles. The molecule has 0 atom stereocenters. The van der Waals surface area contributed by atoms with Crippen molar-refractivity contribution in [3.63, 3.8) is 0 Å². The lowest BCUT2D eigenvalue weighted by Gasteiger charge is -2.08. The second kappa shape index (κ2) is 7.62. The number of hydrogen-bond acceptors (Lipinski definition) is 4. The smallest absolute Gasteiger partial charge is 0.330 e. The van der Waals surface area contributed by atoms with Gasteiger partial charge in [0.2, 0.25) is 5.91 Å². The van der Waals surface area contributed by atoms with Gasteiger partial charge in [-0.1, -0.05) is 6.07 Å². The van der Waals surface area contributed by atoms with E-state index in [9.17, 15) is 27.2 Å². The van der Waals surface area contributed by atoms with E-state index >= 15 is 0 Å². The van der Waals surface area contributed by atoms with Crippen LogP contribution in [0.2, 0.25) is 0 Å². The van der Waals surface area contributed by atoms with Gasteiger partial charge in [-0.15, -0.1) is 11.3 Å². The summed E-state index contributed by atoms with van der Waals surface area (Å²) >= 11 is 1.05. The van der Waals surface area contributed by atoms with Gasteiger partial charge in [0.1, 0.15) is 17.9 Å². The third-order valence-corrected chi connectivity index (χ3v) is 5.96. The van der Waals surface area contributed by atoms with Gasteiger partial charge in [0.15, 0.2) is 5.13 Å². The molecule has 0 aliphatic heterocycles. The molecule has 0 fully saturated rings. The average molecular weight is 467 g/mol. The number of carbonyl (C=O) groups is 1. The fraction of sp³-hybridized carbons (Fsp3) is 0.250. The lowest BCUT2D eigenvalue weighted by Crippen LogP contribution is -2.23. The Balaban J connectivity index is 1.54. The molecule has 0 saturated carbocycles. The summed E-state index contributed by atoms with van der Waals surface area (Å²) in [5, 5.41) is 4.32. The molecule has 7 nitrogen and oxygen atoms in total. The SMILES string of the molecule is Cc1cc2c(c(=O)n(C)n2C)n1CC(=O)Nc1nc(-c2ccc(C(F)(F)F)c(F)c2)cs1. The van der Waals surface area contributed by atoms with Gasteiger partial charge >= 0.3 is 6.18 Å². The third-order valence-electron chi connectivity index (χ3n) is 5.20. The normalized spacial score (nSPS) is 12.0. The molecule has 0 spiro atoms. The fourth-order valence-electron chi connectivity index (χ4n) is 3.46. The Morgan fingerprint density at radius 2 is 1.91 bits per heavy atom. The van der Waals surface area contributed by atoms with E-state index in [2.05, 4.69) is 10.3 Å². The monoisotopic (exact) mass is 467 g/mol. The van der Waals surface area contributed by atoms with Crippen molar-refractivity contribution in [1.82, 2.24) is 18.9 Å². The number of amides is 1. The molecule has 3 heterocycles. The van der Waals surface area contributed by atoms with Crippen LogP contribution in [0.3, 0.4) is 0 Å². The van der Waals surface area contributed by atoms with E-state index in [1.165, 1.54) is 10.1 Å². The fourth-order valence-corrected chi connectivity index (χ4v) is 4.19. The Morgan fingerprint density at radius 3 is 2.56 bits per heavy atom. The molecule has 12 heteroatoms. The molecule has 1 N–H and O–H groups in total. The van der Waals surface area contributed by atoms with Gasteiger partial charge in [-0.25, -0.2) is 9.37 Å². The number of nitrogens with zero attached hydrogens (tertiary/aromatic N) is 4. The Labute approximate surface area is 182 Å². The maximum absolute atomic E-state index is 13.8. The van der Waals surface area contributed by atoms with E-state index in [-0.39, 0.29) is 28.5 Å². The van der Waals surface area contributed by atoms with E-state index in [4.69, 9.17) is 0 Å². The van der Waals surface area contributed by atoms with Crippen molar-refractivity contribution in [1.29, 1.82) is 0 Å². The molecule has 1 amide bonds. The molecule has 168 valence electrons. The number of thiazole rings is 1. The van der Waals surface area contributed by atoms with Crippen LogP contribution in [0, 0.1) is 12.7 Å². The zero-order valence-electron chi connectivity index (χ0n) is 17.1. The van der Waals surface area contributed by atoms with Gasteiger partial charge in [-0.2, -0.15) is 13.2 Å². The van der Waals surface area contributed by atoms with Crippen molar-refractivity contribution < 1.29 is 22.4 Å². The number of benzene rings is 1. The van der Waals surface area contributed by atoms with Gasteiger partial charge in [-0.05, 0) is 25.1 Å². The third kappa shape index (κ3) is 3.70. The molecule has 4 aromatic rings. The quantitative estimate of drug-likeness (QED) is 0.463. The number of halogens is 4. The summed E-state index contributed by atoms with van der Waals surface area (Å²) in [7, 11) is 3.37. The number of carbonyl (C=O) groups excluding carboxylic acids is 1. The van der Waals surface area contributed by atoms with Crippen LogP contribution in [0.25, 0.3) is 22.3 Å². The van der Waals surface area contributed by atoms with E-state index in [0.717, 1.165) is 29.2 Å². The van der Waals surface area contributed by atoms with E-state index in [0.29, 0.717) is 17.1 Å². The Morgan fingerprint density at radius 1 is 1.19 bits per heavy atom. The first-order chi connectivity index (χ1) is 15.0. The van der Waals surface area contributed by atoms with Crippen LogP contribution >= 0.6 is 11.3 Å². The van der Waals surface area contributed by atoms with E-state index < -0.39 is 23.5 Å². The first-order valence-electron chi connectivity index (χ1n) is 9.31. The van der Waals surface area contributed by atoms with Crippen LogP contribution in [0.1, 0.15) is 11.3 Å². The molecule has 32 heavy (non-hydrogen) atoms. The van der Waals surface area contributed by atoms with Gasteiger partial charge in [-0.3, -0.25) is 19.0 Å². The molecule has 0 saturated heterocycles. The van der Waals surface area contributed by atoms with Crippen LogP contribution in [-0.2, 0) is 31.6 Å². The minimum atomic E-state index is -4.79. The Kier molecular flexibility index (Phi) is 5.19. The second-order valence-corrected chi connectivity index (χ2v) is 8.09. The average Bonchev–Trinajstić information content (AvgIpc) is 3.35. The summed E-state index contributed by atoms with van der Waals surface area (Å²) in [4.78, 5) is 29.2. The van der Waals surface area contributed by atoms with Gasteiger partial charge in [0, 0.05) is 30.7 Å². The number of nitrogens with one attached hydrogen (secondary N) is 1. The Hall–Kier alpha value is -3.41. The lowest BCUT2D eigenvalue weighted by atomic mass is 10.1. The predicted octanol–water partition coefficient (Wildman–Crippen LogP) is 3.91. The number of aromatic nitrogens is 4. The molecule has 0 unspecified atom stereocenters. The Bertz CT molecular complexity index is 1410. The number of rotatable bonds is 4.